The largest absolute Gasteiger partial charge is 0.481 e. The molecule has 0 aromatic carbocycles. The van der Waals surface area contributed by atoms with E-state index in [2.05, 4.69) is 10.3 Å². The maximum absolute atomic E-state index is 12.0. The van der Waals surface area contributed by atoms with Crippen LogP contribution in [-0.2, 0) is 4.79 Å². The number of urea groups is 1. The second-order valence-corrected chi connectivity index (χ2v) is 5.15. The van der Waals surface area contributed by atoms with E-state index < -0.39 is 5.97 Å². The van der Waals surface area contributed by atoms with Crippen LogP contribution >= 0.6 is 11.3 Å². The maximum atomic E-state index is 12.0. The number of aliphatic carboxylic acids is 1. The predicted molar refractivity (Wildman–Crippen MR) is 67.9 cm³/mol. The van der Waals surface area contributed by atoms with Crippen LogP contribution in [0.5, 0.6) is 0 Å². The van der Waals surface area contributed by atoms with Crippen LogP contribution in [-0.4, -0.2) is 39.6 Å². The van der Waals surface area contributed by atoms with Crippen molar-refractivity contribution in [2.45, 2.75) is 32.2 Å². The number of nitrogens with one attached hydrogen (secondary N) is 1. The number of carboxylic acids is 1. The quantitative estimate of drug-likeness (QED) is 0.855. The molecule has 0 unspecified atom stereocenters. The Morgan fingerprint density at radius 3 is 2.83 bits per heavy atom. The normalized spacial score (nSPS) is 14.3. The van der Waals surface area contributed by atoms with Gasteiger partial charge in [-0.05, 0) is 19.8 Å². The number of carbonyl (C=O) groups excluding carboxylic acids is 1. The summed E-state index contributed by atoms with van der Waals surface area (Å²) >= 11 is 1.37. The van der Waals surface area contributed by atoms with E-state index in [1.807, 2.05) is 12.3 Å². The first-order chi connectivity index (χ1) is 8.56. The summed E-state index contributed by atoms with van der Waals surface area (Å²) in [4.78, 5) is 28.3. The molecular formula is C11H15N3O3S. The highest BCUT2D eigenvalue weighted by atomic mass is 32.1. The zero-order chi connectivity index (χ0) is 13.1. The molecule has 0 spiro atoms. The summed E-state index contributed by atoms with van der Waals surface area (Å²) < 4.78 is 0. The second kappa shape index (κ2) is 5.34. The summed E-state index contributed by atoms with van der Waals surface area (Å²) in [6.07, 6.45) is 1.87. The number of hydrogen-bond donors (Lipinski definition) is 2. The number of hydrogen-bond acceptors (Lipinski definition) is 4. The Balaban J connectivity index is 1.93. The van der Waals surface area contributed by atoms with Gasteiger partial charge in [0.15, 0.2) is 5.13 Å². The first-order valence-electron chi connectivity index (χ1n) is 5.78. The number of thiazole rings is 1. The number of anilines is 1. The van der Waals surface area contributed by atoms with Crippen molar-refractivity contribution >= 4 is 28.5 Å². The first-order valence-corrected chi connectivity index (χ1v) is 6.66. The van der Waals surface area contributed by atoms with E-state index in [1.165, 1.54) is 11.3 Å². The number of aryl methyl sites for hydroxylation is 1. The SMILES string of the molecule is Cc1csc(NC(=O)N(CCC(=O)O)C2CC2)n1. The fourth-order valence-corrected chi connectivity index (χ4v) is 2.30. The van der Waals surface area contributed by atoms with E-state index in [-0.39, 0.29) is 25.0 Å². The Hall–Kier alpha value is -1.63. The van der Waals surface area contributed by atoms with Gasteiger partial charge in [0, 0.05) is 18.0 Å². The lowest BCUT2D eigenvalue weighted by molar-refractivity contribution is -0.137. The fourth-order valence-electron chi connectivity index (χ4n) is 1.63. The zero-order valence-corrected chi connectivity index (χ0v) is 10.9. The second-order valence-electron chi connectivity index (χ2n) is 4.29. The Morgan fingerprint density at radius 1 is 1.61 bits per heavy atom. The molecule has 0 atom stereocenters. The molecule has 1 aliphatic rings. The third kappa shape index (κ3) is 3.43. The van der Waals surface area contributed by atoms with Gasteiger partial charge in [0.05, 0.1) is 12.1 Å². The van der Waals surface area contributed by atoms with Gasteiger partial charge in [0.25, 0.3) is 0 Å². The highest BCUT2D eigenvalue weighted by Gasteiger charge is 2.32. The molecule has 1 aromatic heterocycles. The number of amides is 2. The van der Waals surface area contributed by atoms with Gasteiger partial charge in [-0.3, -0.25) is 10.1 Å². The monoisotopic (exact) mass is 269 g/mol. The van der Waals surface area contributed by atoms with Gasteiger partial charge in [-0.2, -0.15) is 0 Å². The van der Waals surface area contributed by atoms with Gasteiger partial charge in [0.2, 0.25) is 0 Å². The van der Waals surface area contributed by atoms with Crippen LogP contribution in [0.2, 0.25) is 0 Å². The summed E-state index contributed by atoms with van der Waals surface area (Å²) in [6, 6.07) is -0.0708. The Kier molecular flexibility index (Phi) is 3.81. The first kappa shape index (κ1) is 12.8. The average Bonchev–Trinajstić information content (AvgIpc) is 3.03. The summed E-state index contributed by atoms with van der Waals surface area (Å²) in [6.45, 7) is 2.10. The Bertz CT molecular complexity index is 456. The molecule has 1 heterocycles. The third-order valence-electron chi connectivity index (χ3n) is 2.65. The van der Waals surface area contributed by atoms with E-state index >= 15 is 0 Å². The van der Waals surface area contributed by atoms with Crippen LogP contribution in [0.1, 0.15) is 25.0 Å². The number of nitrogens with zero attached hydrogens (tertiary/aromatic N) is 2. The van der Waals surface area contributed by atoms with Gasteiger partial charge in [-0.1, -0.05) is 0 Å². The van der Waals surface area contributed by atoms with Crippen LogP contribution in [0.15, 0.2) is 5.38 Å². The molecular weight excluding hydrogens is 254 g/mol. The van der Waals surface area contributed by atoms with E-state index in [9.17, 15) is 9.59 Å². The average molecular weight is 269 g/mol. The molecule has 1 fully saturated rings. The van der Waals surface area contributed by atoms with Crippen molar-refractivity contribution in [1.29, 1.82) is 0 Å². The third-order valence-corrected chi connectivity index (χ3v) is 3.52. The maximum Gasteiger partial charge on any atom is 0.323 e. The number of aromatic nitrogens is 1. The summed E-state index contributed by atoms with van der Waals surface area (Å²) in [5.74, 6) is -0.890. The highest BCUT2D eigenvalue weighted by Crippen LogP contribution is 2.28. The molecule has 2 N–H and O–H groups in total. The molecule has 0 saturated heterocycles. The van der Waals surface area contributed by atoms with Gasteiger partial charge < -0.3 is 10.0 Å². The molecule has 0 bridgehead atoms. The molecule has 1 aromatic rings. The van der Waals surface area contributed by atoms with E-state index in [0.717, 1.165) is 18.5 Å². The Morgan fingerprint density at radius 2 is 2.33 bits per heavy atom. The van der Waals surface area contributed by atoms with Crippen molar-refractivity contribution in [2.24, 2.45) is 0 Å². The summed E-state index contributed by atoms with van der Waals surface area (Å²) in [7, 11) is 0. The minimum atomic E-state index is -0.890. The standard InChI is InChI=1S/C11H15N3O3S/c1-7-6-18-10(12-7)13-11(17)14(8-2-3-8)5-4-9(15)16/h6,8H,2-5H2,1H3,(H,15,16)(H,12,13,17). The molecule has 7 heteroatoms. The van der Waals surface area contributed by atoms with Crippen LogP contribution in [0.4, 0.5) is 9.93 Å². The molecule has 0 radical (unpaired) electrons. The molecule has 2 amide bonds. The van der Waals surface area contributed by atoms with Gasteiger partial charge in [0.1, 0.15) is 0 Å². The van der Waals surface area contributed by atoms with Crippen molar-refractivity contribution in [2.75, 3.05) is 11.9 Å². The molecule has 98 valence electrons. The molecule has 1 aliphatic carbocycles. The fraction of sp³-hybridized carbons (Fsp3) is 0.545. The van der Waals surface area contributed by atoms with E-state index in [4.69, 9.17) is 5.11 Å². The molecule has 18 heavy (non-hydrogen) atoms. The number of carbonyl (C=O) groups is 2. The molecule has 1 saturated carbocycles. The number of rotatable bonds is 5. The minimum Gasteiger partial charge on any atom is -0.481 e. The van der Waals surface area contributed by atoms with Crippen molar-refractivity contribution < 1.29 is 14.7 Å². The molecule has 2 rings (SSSR count). The Labute approximate surface area is 109 Å². The lowest BCUT2D eigenvalue weighted by atomic mass is 10.4. The van der Waals surface area contributed by atoms with Crippen LogP contribution in [0, 0.1) is 6.92 Å². The van der Waals surface area contributed by atoms with Crippen molar-refractivity contribution in [1.82, 2.24) is 9.88 Å². The van der Waals surface area contributed by atoms with Gasteiger partial charge in [-0.15, -0.1) is 11.3 Å². The topological polar surface area (TPSA) is 82.5 Å². The predicted octanol–water partition coefficient (Wildman–Crippen LogP) is 1.92. The number of carboxylic acid groups (broad SMARTS) is 1. The lowest BCUT2D eigenvalue weighted by Crippen LogP contribution is -2.38. The van der Waals surface area contributed by atoms with E-state index in [0.29, 0.717) is 5.13 Å². The van der Waals surface area contributed by atoms with Gasteiger partial charge >= 0.3 is 12.0 Å². The lowest BCUT2D eigenvalue weighted by Gasteiger charge is -2.21. The van der Waals surface area contributed by atoms with Crippen LogP contribution in [0.25, 0.3) is 0 Å². The van der Waals surface area contributed by atoms with E-state index in [1.54, 1.807) is 4.90 Å². The molecule has 6 nitrogen and oxygen atoms in total. The van der Waals surface area contributed by atoms with Crippen LogP contribution < -0.4 is 5.32 Å². The van der Waals surface area contributed by atoms with Crippen molar-refractivity contribution in [3.8, 4) is 0 Å². The van der Waals surface area contributed by atoms with Crippen molar-refractivity contribution in [3.63, 3.8) is 0 Å². The summed E-state index contributed by atoms with van der Waals surface area (Å²) in [5, 5.41) is 13.8. The minimum absolute atomic E-state index is 0.0270. The zero-order valence-electron chi connectivity index (χ0n) is 10.0. The van der Waals surface area contributed by atoms with Crippen LogP contribution in [0.3, 0.4) is 0 Å². The van der Waals surface area contributed by atoms with Crippen molar-refractivity contribution in [3.05, 3.63) is 11.1 Å². The highest BCUT2D eigenvalue weighted by molar-refractivity contribution is 7.13. The smallest absolute Gasteiger partial charge is 0.323 e. The van der Waals surface area contributed by atoms with Gasteiger partial charge in [-0.25, -0.2) is 9.78 Å². The molecule has 0 aliphatic heterocycles. The summed E-state index contributed by atoms with van der Waals surface area (Å²) in [5.41, 5.74) is 0.860.